The molecular weight excluding hydrogens is 533 g/mol. The summed E-state index contributed by atoms with van der Waals surface area (Å²) in [5, 5.41) is 7.70. The maximum atomic E-state index is 11.9. The highest BCUT2D eigenvalue weighted by atomic mass is 127. The SMILES string of the molecule is CN(C)C(=O)CN=C(NCCSc1ccc(Cl)cc1)NC1CCN(C2CC2)CC1.I. The van der Waals surface area contributed by atoms with E-state index < -0.39 is 0 Å². The molecular formula is C21H33ClIN5OS. The molecule has 1 aliphatic carbocycles. The third kappa shape index (κ3) is 8.80. The number of likely N-dealkylation sites (N-methyl/N-ethyl adjacent to an activating group) is 1. The first-order chi connectivity index (χ1) is 14.0. The summed E-state index contributed by atoms with van der Waals surface area (Å²) in [6.07, 6.45) is 4.98. The maximum absolute atomic E-state index is 11.9. The van der Waals surface area contributed by atoms with E-state index in [9.17, 15) is 4.79 Å². The lowest BCUT2D eigenvalue weighted by molar-refractivity contribution is -0.127. The number of hydrogen-bond donors (Lipinski definition) is 2. The first-order valence-electron chi connectivity index (χ1n) is 10.4. The molecule has 1 saturated heterocycles. The molecule has 1 aromatic carbocycles. The van der Waals surface area contributed by atoms with Crippen molar-refractivity contribution in [2.75, 3.05) is 46.0 Å². The van der Waals surface area contributed by atoms with Gasteiger partial charge in [0.2, 0.25) is 5.91 Å². The molecule has 0 atom stereocenters. The summed E-state index contributed by atoms with van der Waals surface area (Å²) in [6, 6.07) is 9.13. The second-order valence-electron chi connectivity index (χ2n) is 7.87. The second-order valence-corrected chi connectivity index (χ2v) is 9.47. The Bertz CT molecular complexity index is 691. The molecule has 1 amide bonds. The van der Waals surface area contributed by atoms with E-state index in [1.54, 1.807) is 30.8 Å². The normalized spacial score (nSPS) is 17.9. The van der Waals surface area contributed by atoms with Gasteiger partial charge in [0.1, 0.15) is 6.54 Å². The van der Waals surface area contributed by atoms with Crippen LogP contribution in [0.2, 0.25) is 5.02 Å². The molecule has 0 bridgehead atoms. The Balaban J connectivity index is 0.00000320. The summed E-state index contributed by atoms with van der Waals surface area (Å²) in [4.78, 5) is 21.9. The van der Waals surface area contributed by atoms with Gasteiger partial charge in [0.05, 0.1) is 0 Å². The van der Waals surface area contributed by atoms with Crippen molar-refractivity contribution in [1.82, 2.24) is 20.4 Å². The number of carbonyl (C=O) groups excluding carboxylic acids is 1. The minimum Gasteiger partial charge on any atom is -0.356 e. The summed E-state index contributed by atoms with van der Waals surface area (Å²) in [5.74, 6) is 1.65. The zero-order valence-electron chi connectivity index (χ0n) is 17.8. The van der Waals surface area contributed by atoms with Gasteiger partial charge in [-0.3, -0.25) is 4.79 Å². The third-order valence-corrected chi connectivity index (χ3v) is 6.55. The summed E-state index contributed by atoms with van der Waals surface area (Å²) in [6.45, 7) is 3.24. The standard InChI is InChI=1S/C21H32ClN5OS.HI/c1-26(2)20(28)15-24-21(23-11-14-29-19-7-3-16(22)4-8-19)25-17-9-12-27(13-10-17)18-5-6-18;/h3-4,7-8,17-18H,5-6,9-15H2,1-2H3,(H2,23,24,25);1H. The monoisotopic (exact) mass is 565 g/mol. The van der Waals surface area contributed by atoms with E-state index in [2.05, 4.69) is 20.5 Å². The lowest BCUT2D eigenvalue weighted by atomic mass is 10.1. The van der Waals surface area contributed by atoms with Crippen molar-refractivity contribution >= 4 is 59.2 Å². The first kappa shape index (κ1) is 25.5. The highest BCUT2D eigenvalue weighted by Crippen LogP contribution is 2.29. The lowest BCUT2D eigenvalue weighted by Gasteiger charge is -2.33. The first-order valence-corrected chi connectivity index (χ1v) is 11.7. The van der Waals surface area contributed by atoms with Crippen LogP contribution in [0.15, 0.2) is 34.2 Å². The summed E-state index contributed by atoms with van der Waals surface area (Å²) in [7, 11) is 3.52. The molecule has 168 valence electrons. The predicted molar refractivity (Wildman–Crippen MR) is 137 cm³/mol. The number of halogens is 2. The van der Waals surface area contributed by atoms with Gasteiger partial charge in [0.25, 0.3) is 0 Å². The van der Waals surface area contributed by atoms with E-state index in [0.717, 1.165) is 55.3 Å². The van der Waals surface area contributed by atoms with Crippen LogP contribution in [0.5, 0.6) is 0 Å². The molecule has 0 spiro atoms. The van der Waals surface area contributed by atoms with Crippen molar-refractivity contribution in [3.8, 4) is 0 Å². The fourth-order valence-corrected chi connectivity index (χ4v) is 4.25. The minimum atomic E-state index is 0. The Kier molecular flexibility index (Phi) is 11.1. The number of likely N-dealkylation sites (tertiary alicyclic amines) is 1. The van der Waals surface area contributed by atoms with Crippen molar-refractivity contribution in [3.05, 3.63) is 29.3 Å². The Morgan fingerprint density at radius 2 is 1.87 bits per heavy atom. The van der Waals surface area contributed by atoms with Crippen molar-refractivity contribution in [2.24, 2.45) is 4.99 Å². The molecule has 0 unspecified atom stereocenters. The van der Waals surface area contributed by atoms with Gasteiger partial charge >= 0.3 is 0 Å². The van der Waals surface area contributed by atoms with E-state index in [1.807, 2.05) is 24.3 Å². The van der Waals surface area contributed by atoms with Crippen LogP contribution < -0.4 is 10.6 Å². The van der Waals surface area contributed by atoms with E-state index in [0.29, 0.717) is 6.04 Å². The number of thioether (sulfide) groups is 1. The molecule has 6 nitrogen and oxygen atoms in total. The number of guanidine groups is 1. The molecule has 0 radical (unpaired) electrons. The predicted octanol–water partition coefficient (Wildman–Crippen LogP) is 3.30. The fraction of sp³-hybridized carbons (Fsp3) is 0.619. The van der Waals surface area contributed by atoms with E-state index in [1.165, 1.54) is 17.7 Å². The number of aliphatic imine (C=N–C) groups is 1. The molecule has 1 aromatic rings. The molecule has 9 heteroatoms. The van der Waals surface area contributed by atoms with Crippen molar-refractivity contribution in [2.45, 2.75) is 42.7 Å². The van der Waals surface area contributed by atoms with Crippen LogP contribution >= 0.6 is 47.3 Å². The van der Waals surface area contributed by atoms with E-state index in [4.69, 9.17) is 11.6 Å². The number of nitrogens with one attached hydrogen (secondary N) is 2. The zero-order chi connectivity index (χ0) is 20.6. The van der Waals surface area contributed by atoms with Gasteiger partial charge in [-0.25, -0.2) is 4.99 Å². The second kappa shape index (κ2) is 13.0. The van der Waals surface area contributed by atoms with Crippen LogP contribution in [0.3, 0.4) is 0 Å². The molecule has 1 aliphatic heterocycles. The van der Waals surface area contributed by atoms with Gasteiger partial charge < -0.3 is 20.4 Å². The van der Waals surface area contributed by atoms with Crippen molar-refractivity contribution < 1.29 is 4.79 Å². The third-order valence-electron chi connectivity index (χ3n) is 5.28. The number of nitrogens with zero attached hydrogens (tertiary/aromatic N) is 3. The Morgan fingerprint density at radius 1 is 1.20 bits per heavy atom. The van der Waals surface area contributed by atoms with Crippen LogP contribution in [-0.4, -0.2) is 79.8 Å². The topological polar surface area (TPSA) is 60.0 Å². The zero-order valence-corrected chi connectivity index (χ0v) is 21.7. The number of amides is 1. The van der Waals surface area contributed by atoms with E-state index >= 15 is 0 Å². The van der Waals surface area contributed by atoms with Crippen molar-refractivity contribution in [3.63, 3.8) is 0 Å². The van der Waals surface area contributed by atoms with Gasteiger partial charge in [-0.1, -0.05) is 11.6 Å². The highest BCUT2D eigenvalue weighted by Gasteiger charge is 2.31. The molecule has 1 heterocycles. The molecule has 2 N–H and O–H groups in total. The average molecular weight is 566 g/mol. The van der Waals surface area contributed by atoms with Gasteiger partial charge in [-0.15, -0.1) is 35.7 Å². The van der Waals surface area contributed by atoms with Gasteiger partial charge in [-0.05, 0) is 49.9 Å². The van der Waals surface area contributed by atoms with Crippen LogP contribution in [0.1, 0.15) is 25.7 Å². The highest BCUT2D eigenvalue weighted by molar-refractivity contribution is 14.0. The Hall–Kier alpha value is -0.710. The van der Waals surface area contributed by atoms with Gasteiger partial charge in [-0.2, -0.15) is 0 Å². The molecule has 2 aliphatic rings. The van der Waals surface area contributed by atoms with Crippen LogP contribution in [0.4, 0.5) is 0 Å². The number of rotatable bonds is 8. The maximum Gasteiger partial charge on any atom is 0.243 e. The molecule has 2 fully saturated rings. The van der Waals surface area contributed by atoms with Gasteiger partial charge in [0.15, 0.2) is 5.96 Å². The Labute approximate surface area is 206 Å². The van der Waals surface area contributed by atoms with Gasteiger partial charge in [0, 0.05) is 61.5 Å². The average Bonchev–Trinajstić information content (AvgIpc) is 3.56. The molecule has 0 aromatic heterocycles. The number of hydrogen-bond acceptors (Lipinski definition) is 4. The molecule has 30 heavy (non-hydrogen) atoms. The van der Waals surface area contributed by atoms with Crippen LogP contribution in [0.25, 0.3) is 0 Å². The summed E-state index contributed by atoms with van der Waals surface area (Å²) >= 11 is 7.71. The molecule has 3 rings (SSSR count). The van der Waals surface area contributed by atoms with Crippen LogP contribution in [0, 0.1) is 0 Å². The van der Waals surface area contributed by atoms with E-state index in [-0.39, 0.29) is 36.4 Å². The quantitative estimate of drug-likeness (QED) is 0.167. The summed E-state index contributed by atoms with van der Waals surface area (Å²) in [5.41, 5.74) is 0. The largest absolute Gasteiger partial charge is 0.356 e. The lowest BCUT2D eigenvalue weighted by Crippen LogP contribution is -2.49. The summed E-state index contributed by atoms with van der Waals surface area (Å²) < 4.78 is 0. The van der Waals surface area contributed by atoms with Crippen molar-refractivity contribution in [1.29, 1.82) is 0 Å². The smallest absolute Gasteiger partial charge is 0.243 e. The number of piperidine rings is 1. The number of carbonyl (C=O) groups is 1. The number of benzene rings is 1. The molecule has 1 saturated carbocycles. The Morgan fingerprint density at radius 3 is 2.47 bits per heavy atom. The minimum absolute atomic E-state index is 0. The fourth-order valence-electron chi connectivity index (χ4n) is 3.35. The van der Waals surface area contributed by atoms with Crippen LogP contribution in [-0.2, 0) is 4.79 Å².